The lowest BCUT2D eigenvalue weighted by Crippen LogP contribution is -2.38. The van der Waals surface area contributed by atoms with E-state index < -0.39 is 0 Å². The van der Waals surface area contributed by atoms with Crippen LogP contribution in [0.3, 0.4) is 0 Å². The lowest BCUT2D eigenvalue weighted by molar-refractivity contribution is 0.0710. The Labute approximate surface area is 113 Å². The first-order chi connectivity index (χ1) is 7.20. The van der Waals surface area contributed by atoms with Crippen molar-refractivity contribution < 1.29 is 9.21 Å². The van der Waals surface area contributed by atoms with Crippen LogP contribution in [-0.4, -0.2) is 42.0 Å². The van der Waals surface area contributed by atoms with Crippen LogP contribution in [0.1, 0.15) is 22.7 Å². The van der Waals surface area contributed by atoms with Gasteiger partial charge in [0.05, 0.1) is 5.69 Å². The Morgan fingerprint density at radius 3 is 2.76 bits per heavy atom. The first kappa shape index (κ1) is 16.2. The van der Waals surface area contributed by atoms with E-state index in [0.29, 0.717) is 11.5 Å². The molecule has 1 N–H and O–H groups in total. The lowest BCUT2D eigenvalue weighted by Gasteiger charge is -2.22. The van der Waals surface area contributed by atoms with Crippen LogP contribution >= 0.6 is 24.8 Å². The van der Waals surface area contributed by atoms with Gasteiger partial charge >= 0.3 is 0 Å². The van der Waals surface area contributed by atoms with Crippen LogP contribution in [0.2, 0.25) is 0 Å². The smallest absolute Gasteiger partial charge is 0.291 e. The summed E-state index contributed by atoms with van der Waals surface area (Å²) in [6.07, 6.45) is 2.30. The number of hydrogen-bond donors (Lipinski definition) is 1. The number of nitrogens with zero attached hydrogens (tertiary/aromatic N) is 2. The summed E-state index contributed by atoms with van der Waals surface area (Å²) in [5.74, 6) is 0.267. The number of rotatable bonds is 2. The third-order valence-corrected chi connectivity index (χ3v) is 2.84. The zero-order valence-electron chi connectivity index (χ0n) is 9.80. The lowest BCUT2D eigenvalue weighted by atomic mass is 10.2. The summed E-state index contributed by atoms with van der Waals surface area (Å²) < 4.78 is 5.08. The van der Waals surface area contributed by atoms with Crippen LogP contribution in [0, 0.1) is 6.92 Å². The van der Waals surface area contributed by atoms with Crippen molar-refractivity contribution in [1.29, 1.82) is 0 Å². The van der Waals surface area contributed by atoms with Gasteiger partial charge in [-0.2, -0.15) is 0 Å². The maximum absolute atomic E-state index is 12.0. The minimum atomic E-state index is -0.0845. The maximum atomic E-state index is 12.0. The van der Waals surface area contributed by atoms with Gasteiger partial charge in [0.2, 0.25) is 5.76 Å². The monoisotopic (exact) mass is 281 g/mol. The summed E-state index contributed by atoms with van der Waals surface area (Å²) in [5, 5.41) is 3.23. The van der Waals surface area contributed by atoms with E-state index in [1.165, 1.54) is 6.39 Å². The average molecular weight is 282 g/mol. The molecule has 0 bridgehead atoms. The number of hydrogen-bond acceptors (Lipinski definition) is 4. The first-order valence-corrected chi connectivity index (χ1v) is 5.08. The molecule has 17 heavy (non-hydrogen) atoms. The summed E-state index contributed by atoms with van der Waals surface area (Å²) in [7, 11) is 1.81. The molecule has 7 heteroatoms. The highest BCUT2D eigenvalue weighted by Gasteiger charge is 2.26. The molecule has 2 rings (SSSR count). The van der Waals surface area contributed by atoms with Gasteiger partial charge in [-0.15, -0.1) is 24.8 Å². The molecule has 0 radical (unpaired) electrons. The van der Waals surface area contributed by atoms with E-state index in [1.54, 1.807) is 11.8 Å². The Morgan fingerprint density at radius 1 is 1.59 bits per heavy atom. The second kappa shape index (κ2) is 6.83. The Hall–Kier alpha value is -0.780. The molecule has 98 valence electrons. The van der Waals surface area contributed by atoms with E-state index in [1.807, 2.05) is 7.05 Å². The van der Waals surface area contributed by atoms with Gasteiger partial charge in [0.1, 0.15) is 0 Å². The fourth-order valence-corrected chi connectivity index (χ4v) is 1.80. The SMILES string of the molecule is Cc1ncoc1C(=O)N(C)C1CCNC1.Cl.Cl. The van der Waals surface area contributed by atoms with Gasteiger partial charge in [0.15, 0.2) is 6.39 Å². The molecule has 0 spiro atoms. The molecule has 1 aromatic rings. The Morgan fingerprint density at radius 2 is 2.29 bits per heavy atom. The largest absolute Gasteiger partial charge is 0.438 e. The minimum absolute atomic E-state index is 0. The fraction of sp³-hybridized carbons (Fsp3) is 0.600. The summed E-state index contributed by atoms with van der Waals surface area (Å²) in [6.45, 7) is 3.60. The van der Waals surface area contributed by atoms with Gasteiger partial charge in [-0.05, 0) is 19.9 Å². The molecule has 1 aliphatic heterocycles. The van der Waals surface area contributed by atoms with E-state index in [4.69, 9.17) is 4.42 Å². The molecule has 0 aliphatic carbocycles. The van der Waals surface area contributed by atoms with E-state index in [-0.39, 0.29) is 36.8 Å². The Kier molecular flexibility index (Phi) is 6.52. The van der Waals surface area contributed by atoms with Crippen LogP contribution in [0.5, 0.6) is 0 Å². The number of amides is 1. The van der Waals surface area contributed by atoms with Gasteiger partial charge in [-0.3, -0.25) is 4.79 Å². The molecule has 0 saturated carbocycles. The third kappa shape index (κ3) is 3.34. The Balaban J connectivity index is 0.00000128. The number of aromatic nitrogens is 1. The minimum Gasteiger partial charge on any atom is -0.438 e. The van der Waals surface area contributed by atoms with Crippen molar-refractivity contribution in [1.82, 2.24) is 15.2 Å². The predicted octanol–water partition coefficient (Wildman–Crippen LogP) is 1.26. The third-order valence-electron chi connectivity index (χ3n) is 2.84. The predicted molar refractivity (Wildman–Crippen MR) is 69.1 cm³/mol. The van der Waals surface area contributed by atoms with E-state index in [2.05, 4.69) is 10.3 Å². The van der Waals surface area contributed by atoms with Gasteiger partial charge in [0, 0.05) is 19.6 Å². The van der Waals surface area contributed by atoms with E-state index in [9.17, 15) is 4.79 Å². The molecule has 1 aliphatic rings. The number of carbonyl (C=O) groups is 1. The molecule has 2 heterocycles. The molecule has 1 fully saturated rings. The zero-order chi connectivity index (χ0) is 10.8. The van der Waals surface area contributed by atoms with Crippen LogP contribution in [0.25, 0.3) is 0 Å². The number of likely N-dealkylation sites (N-methyl/N-ethyl adjacent to an activating group) is 1. The molecular weight excluding hydrogens is 265 g/mol. The normalized spacial score (nSPS) is 18.1. The molecule has 1 saturated heterocycles. The van der Waals surface area contributed by atoms with E-state index >= 15 is 0 Å². The average Bonchev–Trinajstić information content (AvgIpc) is 2.85. The number of nitrogens with one attached hydrogen (secondary N) is 1. The number of aryl methyl sites for hydroxylation is 1. The summed E-state index contributed by atoms with van der Waals surface area (Å²) >= 11 is 0. The zero-order valence-corrected chi connectivity index (χ0v) is 11.4. The van der Waals surface area contributed by atoms with Crippen LogP contribution in [0.15, 0.2) is 10.8 Å². The molecule has 5 nitrogen and oxygen atoms in total. The second-order valence-corrected chi connectivity index (χ2v) is 3.83. The van der Waals surface area contributed by atoms with Crippen LogP contribution < -0.4 is 5.32 Å². The highest BCUT2D eigenvalue weighted by Crippen LogP contribution is 2.13. The Bertz CT molecular complexity index is 364. The molecular formula is C10H17Cl2N3O2. The van der Waals surface area contributed by atoms with Crippen molar-refractivity contribution in [3.05, 3.63) is 17.8 Å². The van der Waals surface area contributed by atoms with Gasteiger partial charge in [-0.1, -0.05) is 0 Å². The van der Waals surface area contributed by atoms with Gasteiger partial charge < -0.3 is 14.6 Å². The molecule has 1 atom stereocenters. The van der Waals surface area contributed by atoms with Gasteiger partial charge in [0.25, 0.3) is 5.91 Å². The number of halogens is 2. The van der Waals surface area contributed by atoms with Gasteiger partial charge in [-0.25, -0.2) is 4.98 Å². The molecule has 1 amide bonds. The number of oxazole rings is 1. The van der Waals surface area contributed by atoms with Crippen molar-refractivity contribution in [2.24, 2.45) is 0 Å². The van der Waals surface area contributed by atoms with Crippen molar-refractivity contribution >= 4 is 30.7 Å². The molecule has 0 aromatic carbocycles. The van der Waals surface area contributed by atoms with Crippen molar-refractivity contribution in [3.63, 3.8) is 0 Å². The second-order valence-electron chi connectivity index (χ2n) is 3.83. The van der Waals surface area contributed by atoms with Crippen molar-refractivity contribution in [2.75, 3.05) is 20.1 Å². The summed E-state index contributed by atoms with van der Waals surface area (Å²) in [4.78, 5) is 17.6. The van der Waals surface area contributed by atoms with Crippen molar-refractivity contribution in [2.45, 2.75) is 19.4 Å². The molecule has 1 unspecified atom stereocenters. The number of carbonyl (C=O) groups excluding carboxylic acids is 1. The maximum Gasteiger partial charge on any atom is 0.291 e. The summed E-state index contributed by atoms with van der Waals surface area (Å²) in [6, 6.07) is 0.266. The molecule has 1 aromatic heterocycles. The summed E-state index contributed by atoms with van der Waals surface area (Å²) in [5.41, 5.74) is 0.651. The highest BCUT2D eigenvalue weighted by molar-refractivity contribution is 5.92. The highest BCUT2D eigenvalue weighted by atomic mass is 35.5. The fourth-order valence-electron chi connectivity index (χ4n) is 1.80. The topological polar surface area (TPSA) is 58.4 Å². The van der Waals surface area contributed by atoms with E-state index in [0.717, 1.165) is 19.5 Å². The quantitative estimate of drug-likeness (QED) is 0.887. The van der Waals surface area contributed by atoms with Crippen LogP contribution in [0.4, 0.5) is 0 Å². The van der Waals surface area contributed by atoms with Crippen molar-refractivity contribution in [3.8, 4) is 0 Å². The first-order valence-electron chi connectivity index (χ1n) is 5.08. The van der Waals surface area contributed by atoms with Crippen LogP contribution in [-0.2, 0) is 0 Å². The standard InChI is InChI=1S/C10H15N3O2.2ClH/c1-7-9(15-6-12-7)10(14)13(2)8-3-4-11-5-8;;/h6,8,11H,3-5H2,1-2H3;2*1H.